The molecule has 3 rings (SSSR count). The molecular weight excluding hydrogens is 258 g/mol. The van der Waals surface area contributed by atoms with Crippen LogP contribution in [0.4, 0.5) is 0 Å². The number of azide groups is 1. The Kier molecular flexibility index (Phi) is 3.28. The van der Waals surface area contributed by atoms with E-state index >= 15 is 0 Å². The second-order valence-corrected chi connectivity index (χ2v) is 5.79. The summed E-state index contributed by atoms with van der Waals surface area (Å²) in [4.78, 5) is 2.75. The maximum Gasteiger partial charge on any atom is 0.0443 e. The van der Waals surface area contributed by atoms with Crippen molar-refractivity contribution in [3.8, 4) is 11.1 Å². The molecule has 3 heteroatoms. The zero-order valence-corrected chi connectivity index (χ0v) is 12.2. The van der Waals surface area contributed by atoms with Crippen LogP contribution in [-0.4, -0.2) is 6.54 Å². The van der Waals surface area contributed by atoms with Crippen LogP contribution < -0.4 is 0 Å². The lowest BCUT2D eigenvalue weighted by Crippen LogP contribution is -2.14. The quantitative estimate of drug-likeness (QED) is 0.414. The van der Waals surface area contributed by atoms with Crippen LogP contribution in [0.5, 0.6) is 0 Å². The second-order valence-electron chi connectivity index (χ2n) is 5.79. The number of fused-ring (bicyclic) bond motifs is 3. The molecule has 3 nitrogen and oxygen atoms in total. The van der Waals surface area contributed by atoms with Crippen LogP contribution in [-0.2, 0) is 5.41 Å². The van der Waals surface area contributed by atoms with Crippen molar-refractivity contribution in [3.05, 3.63) is 75.7 Å². The number of nitrogens with zero attached hydrogens (tertiary/aromatic N) is 3. The smallest absolute Gasteiger partial charge is 0.0443 e. The van der Waals surface area contributed by atoms with E-state index in [1.807, 2.05) is 12.2 Å². The van der Waals surface area contributed by atoms with Gasteiger partial charge < -0.3 is 0 Å². The Hall–Kier alpha value is -2.51. The Labute approximate surface area is 124 Å². The molecule has 21 heavy (non-hydrogen) atoms. The lowest BCUT2D eigenvalue weighted by molar-refractivity contribution is 0.660. The first kappa shape index (κ1) is 13.5. The molecular formula is C18H17N3. The third-order valence-electron chi connectivity index (χ3n) is 4.17. The van der Waals surface area contributed by atoms with Gasteiger partial charge in [-0.05, 0) is 33.3 Å². The minimum absolute atomic E-state index is 0.0284. The van der Waals surface area contributed by atoms with E-state index in [1.165, 1.54) is 22.3 Å². The highest BCUT2D eigenvalue weighted by atomic mass is 15.1. The van der Waals surface area contributed by atoms with Gasteiger partial charge in [0.25, 0.3) is 0 Å². The minimum atomic E-state index is 0.0284. The van der Waals surface area contributed by atoms with E-state index in [4.69, 9.17) is 5.53 Å². The molecule has 104 valence electrons. The fourth-order valence-corrected chi connectivity index (χ4v) is 3.10. The molecule has 0 spiro atoms. The Balaban J connectivity index is 2.03. The van der Waals surface area contributed by atoms with Crippen LogP contribution in [0.1, 0.15) is 30.5 Å². The van der Waals surface area contributed by atoms with Crippen LogP contribution in [0.2, 0.25) is 0 Å². The Morgan fingerprint density at radius 1 is 1.10 bits per heavy atom. The molecule has 0 amide bonds. The Morgan fingerprint density at radius 2 is 1.86 bits per heavy atom. The van der Waals surface area contributed by atoms with E-state index in [0.717, 1.165) is 5.56 Å². The van der Waals surface area contributed by atoms with Crippen molar-refractivity contribution in [2.45, 2.75) is 19.3 Å². The van der Waals surface area contributed by atoms with Crippen LogP contribution >= 0.6 is 0 Å². The maximum absolute atomic E-state index is 8.28. The van der Waals surface area contributed by atoms with Crippen molar-refractivity contribution in [2.24, 2.45) is 5.11 Å². The predicted molar refractivity (Wildman–Crippen MR) is 87.1 cm³/mol. The average molecular weight is 275 g/mol. The predicted octanol–water partition coefficient (Wildman–Crippen LogP) is 5.32. The van der Waals surface area contributed by atoms with Crippen molar-refractivity contribution in [1.29, 1.82) is 0 Å². The van der Waals surface area contributed by atoms with Crippen LogP contribution in [0, 0.1) is 0 Å². The van der Waals surface area contributed by atoms with Gasteiger partial charge in [0.2, 0.25) is 0 Å². The molecule has 1 aliphatic rings. The number of hydrogen-bond acceptors (Lipinski definition) is 1. The van der Waals surface area contributed by atoms with Crippen LogP contribution in [0.25, 0.3) is 27.6 Å². The molecule has 0 aromatic heterocycles. The summed E-state index contributed by atoms with van der Waals surface area (Å²) in [5.41, 5.74) is 14.9. The van der Waals surface area contributed by atoms with Gasteiger partial charge in [0.05, 0.1) is 0 Å². The SMILES string of the molecule is CC1(C)c2ccccc2-c2ccc(C=CCN=[N+]=[N-])cc21. The van der Waals surface area contributed by atoms with Gasteiger partial charge in [-0.25, -0.2) is 0 Å². The van der Waals surface area contributed by atoms with Crippen molar-refractivity contribution < 1.29 is 0 Å². The fraction of sp³-hybridized carbons (Fsp3) is 0.222. The number of rotatable bonds is 3. The zero-order valence-electron chi connectivity index (χ0n) is 12.2. The molecule has 0 bridgehead atoms. The van der Waals surface area contributed by atoms with Gasteiger partial charge in [0.1, 0.15) is 0 Å². The topological polar surface area (TPSA) is 48.8 Å². The number of benzene rings is 2. The summed E-state index contributed by atoms with van der Waals surface area (Å²) in [5, 5.41) is 3.51. The molecule has 0 atom stereocenters. The molecule has 0 N–H and O–H groups in total. The summed E-state index contributed by atoms with van der Waals surface area (Å²) in [6.07, 6.45) is 3.89. The van der Waals surface area contributed by atoms with Gasteiger partial charge in [0, 0.05) is 16.9 Å². The van der Waals surface area contributed by atoms with E-state index < -0.39 is 0 Å². The average Bonchev–Trinajstić information content (AvgIpc) is 2.73. The zero-order chi connectivity index (χ0) is 14.9. The van der Waals surface area contributed by atoms with Crippen LogP contribution in [0.15, 0.2) is 53.7 Å². The van der Waals surface area contributed by atoms with Gasteiger partial charge >= 0.3 is 0 Å². The van der Waals surface area contributed by atoms with E-state index in [2.05, 4.69) is 66.3 Å². The van der Waals surface area contributed by atoms with E-state index in [0.29, 0.717) is 6.54 Å². The molecule has 0 fully saturated rings. The summed E-state index contributed by atoms with van der Waals surface area (Å²) < 4.78 is 0. The second kappa shape index (κ2) is 5.12. The van der Waals surface area contributed by atoms with E-state index in [-0.39, 0.29) is 5.41 Å². The summed E-state index contributed by atoms with van der Waals surface area (Å²) in [7, 11) is 0. The third-order valence-corrected chi connectivity index (χ3v) is 4.17. The van der Waals surface area contributed by atoms with Gasteiger partial charge in [0.15, 0.2) is 0 Å². The van der Waals surface area contributed by atoms with Gasteiger partial charge in [-0.3, -0.25) is 0 Å². The van der Waals surface area contributed by atoms with Crippen molar-refractivity contribution in [3.63, 3.8) is 0 Å². The lowest BCUT2D eigenvalue weighted by atomic mass is 9.82. The Morgan fingerprint density at radius 3 is 2.67 bits per heavy atom. The molecule has 2 aromatic rings. The first-order chi connectivity index (χ1) is 10.1. The van der Waals surface area contributed by atoms with Gasteiger partial charge in [-0.15, -0.1) is 0 Å². The molecule has 0 saturated carbocycles. The molecule has 1 aliphatic carbocycles. The highest BCUT2D eigenvalue weighted by Crippen LogP contribution is 2.48. The monoisotopic (exact) mass is 275 g/mol. The van der Waals surface area contributed by atoms with Crippen molar-refractivity contribution >= 4 is 6.08 Å². The molecule has 0 radical (unpaired) electrons. The highest BCUT2D eigenvalue weighted by molar-refractivity contribution is 5.81. The molecule has 0 aliphatic heterocycles. The highest BCUT2D eigenvalue weighted by Gasteiger charge is 2.34. The van der Waals surface area contributed by atoms with Crippen LogP contribution in [0.3, 0.4) is 0 Å². The summed E-state index contributed by atoms with van der Waals surface area (Å²) in [6.45, 7) is 4.92. The van der Waals surface area contributed by atoms with Gasteiger partial charge in [-0.2, -0.15) is 0 Å². The first-order valence-corrected chi connectivity index (χ1v) is 7.06. The summed E-state index contributed by atoms with van der Waals surface area (Å²) in [6, 6.07) is 15.2. The fourth-order valence-electron chi connectivity index (χ4n) is 3.10. The van der Waals surface area contributed by atoms with E-state index in [9.17, 15) is 0 Å². The minimum Gasteiger partial charge on any atom is -0.0899 e. The standard InChI is InChI=1S/C18H17N3/c1-18(2)16-8-4-3-7-14(16)15-10-9-13(12-17(15)18)6-5-11-20-21-19/h3-10,12H,11H2,1-2H3. The van der Waals surface area contributed by atoms with E-state index in [1.54, 1.807) is 0 Å². The largest absolute Gasteiger partial charge is 0.0899 e. The number of hydrogen-bond donors (Lipinski definition) is 0. The van der Waals surface area contributed by atoms with Crippen molar-refractivity contribution in [2.75, 3.05) is 6.54 Å². The molecule has 0 heterocycles. The van der Waals surface area contributed by atoms with Gasteiger partial charge in [-0.1, -0.05) is 73.6 Å². The maximum atomic E-state index is 8.28. The molecule has 0 saturated heterocycles. The lowest BCUT2D eigenvalue weighted by Gasteiger charge is -2.21. The normalized spacial score (nSPS) is 14.6. The molecule has 0 unspecified atom stereocenters. The molecule has 2 aromatic carbocycles. The summed E-state index contributed by atoms with van der Waals surface area (Å²) >= 11 is 0. The first-order valence-electron chi connectivity index (χ1n) is 7.06. The van der Waals surface area contributed by atoms with Crippen molar-refractivity contribution in [1.82, 2.24) is 0 Å². The third kappa shape index (κ3) is 2.22. The Bertz CT molecular complexity index is 766. The summed E-state index contributed by atoms with van der Waals surface area (Å²) in [5.74, 6) is 0.